The minimum Gasteiger partial charge on any atom is -0.350 e. The topological polar surface area (TPSA) is 94.7 Å². The molecule has 24 heavy (non-hydrogen) atoms. The lowest BCUT2D eigenvalue weighted by atomic mass is 10.2. The van der Waals surface area contributed by atoms with Crippen LogP contribution in [-0.4, -0.2) is 30.7 Å². The van der Waals surface area contributed by atoms with Gasteiger partial charge >= 0.3 is 0 Å². The fourth-order valence-corrected chi connectivity index (χ4v) is 2.49. The third kappa shape index (κ3) is 3.03. The summed E-state index contributed by atoms with van der Waals surface area (Å²) in [7, 11) is 0. The Labute approximate surface area is 138 Å². The van der Waals surface area contributed by atoms with E-state index in [1.165, 1.54) is 0 Å². The molecule has 0 radical (unpaired) electrons. The van der Waals surface area contributed by atoms with Crippen molar-refractivity contribution >= 4 is 16.9 Å². The van der Waals surface area contributed by atoms with Crippen molar-refractivity contribution < 1.29 is 4.79 Å². The molecule has 0 aliphatic rings. The maximum Gasteiger partial charge on any atom is 0.296 e. The molecule has 0 saturated heterocycles. The van der Waals surface area contributed by atoms with E-state index in [4.69, 9.17) is 0 Å². The van der Waals surface area contributed by atoms with Crippen LogP contribution in [0, 0.1) is 6.92 Å². The van der Waals surface area contributed by atoms with Crippen LogP contribution in [0.5, 0.6) is 0 Å². The maximum atomic E-state index is 12.6. The van der Waals surface area contributed by atoms with Crippen LogP contribution in [0.3, 0.4) is 0 Å². The lowest BCUT2D eigenvalue weighted by molar-refractivity contribution is -0.122. The van der Waals surface area contributed by atoms with Gasteiger partial charge < -0.3 is 5.32 Å². The molecule has 2 aromatic heterocycles. The van der Waals surface area contributed by atoms with Crippen LogP contribution in [0.4, 0.5) is 0 Å². The number of benzene rings is 1. The van der Waals surface area contributed by atoms with Crippen molar-refractivity contribution in [2.45, 2.75) is 33.5 Å². The first kappa shape index (κ1) is 15.9. The van der Waals surface area contributed by atoms with E-state index in [-0.39, 0.29) is 18.0 Å². The van der Waals surface area contributed by atoms with Gasteiger partial charge in [0.25, 0.3) is 5.56 Å². The Balaban J connectivity index is 1.79. The number of nitrogens with one attached hydrogen (secondary N) is 1. The fourth-order valence-electron chi connectivity index (χ4n) is 2.49. The molecule has 2 heterocycles. The zero-order valence-corrected chi connectivity index (χ0v) is 13.6. The molecule has 3 rings (SSSR count). The monoisotopic (exact) mass is 326 g/mol. The fraction of sp³-hybridized carbons (Fsp3) is 0.312. The number of carbonyl (C=O) groups is 1. The highest BCUT2D eigenvalue weighted by Crippen LogP contribution is 2.10. The van der Waals surface area contributed by atoms with E-state index in [0.717, 1.165) is 10.2 Å². The molecule has 0 bridgehead atoms. The molecule has 0 aliphatic carbocycles. The van der Waals surface area contributed by atoms with Crippen molar-refractivity contribution in [3.63, 3.8) is 0 Å². The van der Waals surface area contributed by atoms with Gasteiger partial charge in [0.05, 0.1) is 5.69 Å². The smallest absolute Gasteiger partial charge is 0.296 e. The maximum absolute atomic E-state index is 12.6. The molecule has 1 amide bonds. The second-order valence-corrected chi connectivity index (χ2v) is 5.41. The van der Waals surface area contributed by atoms with E-state index in [0.29, 0.717) is 29.8 Å². The quantitative estimate of drug-likeness (QED) is 0.742. The Morgan fingerprint density at radius 3 is 2.67 bits per heavy atom. The van der Waals surface area contributed by atoms with Gasteiger partial charge in [-0.2, -0.15) is 9.78 Å². The number of hydrogen-bond acceptors (Lipinski definition) is 5. The zero-order chi connectivity index (χ0) is 17.1. The minimum absolute atomic E-state index is 0.178. The normalized spacial score (nSPS) is 10.9. The average Bonchev–Trinajstić information content (AvgIpc) is 2.93. The number of hydrogen-bond donors (Lipinski definition) is 1. The third-order valence-electron chi connectivity index (χ3n) is 3.71. The van der Waals surface area contributed by atoms with Gasteiger partial charge in [-0.25, -0.2) is 0 Å². The standard InChI is InChI=1S/C16H18N6O2/c1-3-21-15-14(11(2)19-21)18-20-22(16(15)24)10-13(23)17-9-12-7-5-4-6-8-12/h4-8H,3,9-10H2,1-2H3,(H,17,23). The van der Waals surface area contributed by atoms with E-state index in [1.54, 1.807) is 11.6 Å². The first-order valence-corrected chi connectivity index (χ1v) is 7.71. The van der Waals surface area contributed by atoms with Crippen molar-refractivity contribution in [3.8, 4) is 0 Å². The van der Waals surface area contributed by atoms with Crippen molar-refractivity contribution in [2.75, 3.05) is 0 Å². The molecule has 0 fully saturated rings. The predicted molar refractivity (Wildman–Crippen MR) is 88.3 cm³/mol. The molecule has 1 N–H and O–H groups in total. The Bertz CT molecular complexity index is 929. The Morgan fingerprint density at radius 2 is 1.96 bits per heavy atom. The van der Waals surface area contributed by atoms with E-state index in [1.807, 2.05) is 37.3 Å². The third-order valence-corrected chi connectivity index (χ3v) is 3.71. The molecule has 124 valence electrons. The first-order valence-electron chi connectivity index (χ1n) is 7.71. The number of carbonyl (C=O) groups excluding carboxylic acids is 1. The molecule has 3 aromatic rings. The number of aryl methyl sites for hydroxylation is 2. The van der Waals surface area contributed by atoms with Crippen molar-refractivity contribution in [3.05, 3.63) is 51.9 Å². The number of amides is 1. The largest absolute Gasteiger partial charge is 0.350 e. The Morgan fingerprint density at radius 1 is 1.21 bits per heavy atom. The predicted octanol–water partition coefficient (Wildman–Crippen LogP) is 0.633. The summed E-state index contributed by atoms with van der Waals surface area (Å²) in [4.78, 5) is 24.6. The Kier molecular flexibility index (Phi) is 4.37. The highest BCUT2D eigenvalue weighted by molar-refractivity contribution is 5.77. The SMILES string of the molecule is CCn1nc(C)c2nnn(CC(=O)NCc3ccccc3)c(=O)c21. The Hall–Kier alpha value is -3.03. The molecule has 0 saturated carbocycles. The average molecular weight is 326 g/mol. The summed E-state index contributed by atoms with van der Waals surface area (Å²) >= 11 is 0. The molecular weight excluding hydrogens is 308 g/mol. The lowest BCUT2D eigenvalue weighted by Gasteiger charge is -2.06. The molecule has 8 heteroatoms. The highest BCUT2D eigenvalue weighted by atomic mass is 16.2. The zero-order valence-electron chi connectivity index (χ0n) is 13.6. The van der Waals surface area contributed by atoms with E-state index in [9.17, 15) is 9.59 Å². The van der Waals surface area contributed by atoms with Crippen LogP contribution in [0.1, 0.15) is 18.2 Å². The van der Waals surface area contributed by atoms with Crippen LogP contribution in [0.15, 0.2) is 35.1 Å². The van der Waals surface area contributed by atoms with Crippen molar-refractivity contribution in [1.82, 2.24) is 30.1 Å². The van der Waals surface area contributed by atoms with Crippen LogP contribution >= 0.6 is 0 Å². The molecular formula is C16H18N6O2. The first-order chi connectivity index (χ1) is 11.6. The molecule has 0 spiro atoms. The van der Waals surface area contributed by atoms with Gasteiger partial charge in [-0.3, -0.25) is 14.3 Å². The van der Waals surface area contributed by atoms with Gasteiger partial charge in [0.15, 0.2) is 5.52 Å². The summed E-state index contributed by atoms with van der Waals surface area (Å²) in [6.45, 7) is 4.44. The van der Waals surface area contributed by atoms with Crippen LogP contribution < -0.4 is 10.9 Å². The molecule has 1 aromatic carbocycles. The summed E-state index contributed by atoms with van der Waals surface area (Å²) in [6.07, 6.45) is 0. The van der Waals surface area contributed by atoms with Gasteiger partial charge in [0.2, 0.25) is 5.91 Å². The molecule has 0 aliphatic heterocycles. The second kappa shape index (κ2) is 6.61. The van der Waals surface area contributed by atoms with Crippen molar-refractivity contribution in [2.24, 2.45) is 0 Å². The van der Waals surface area contributed by atoms with E-state index < -0.39 is 0 Å². The van der Waals surface area contributed by atoms with Gasteiger partial charge in [-0.1, -0.05) is 35.5 Å². The van der Waals surface area contributed by atoms with Crippen LogP contribution in [0.2, 0.25) is 0 Å². The number of rotatable bonds is 5. The van der Waals surface area contributed by atoms with E-state index >= 15 is 0 Å². The lowest BCUT2D eigenvalue weighted by Crippen LogP contribution is -2.34. The van der Waals surface area contributed by atoms with Crippen LogP contribution in [-0.2, 0) is 24.4 Å². The van der Waals surface area contributed by atoms with Gasteiger partial charge in [-0.15, -0.1) is 5.10 Å². The number of aromatic nitrogens is 5. The van der Waals surface area contributed by atoms with Gasteiger partial charge in [0, 0.05) is 13.1 Å². The minimum atomic E-state index is -0.364. The summed E-state index contributed by atoms with van der Waals surface area (Å²) in [5.41, 5.74) is 2.12. The molecule has 8 nitrogen and oxygen atoms in total. The number of nitrogens with zero attached hydrogens (tertiary/aromatic N) is 5. The van der Waals surface area contributed by atoms with Gasteiger partial charge in [0.1, 0.15) is 12.1 Å². The molecule has 0 atom stereocenters. The molecule has 0 unspecified atom stereocenters. The second-order valence-electron chi connectivity index (χ2n) is 5.41. The number of fused-ring (bicyclic) bond motifs is 1. The van der Waals surface area contributed by atoms with Gasteiger partial charge in [-0.05, 0) is 19.4 Å². The summed E-state index contributed by atoms with van der Waals surface area (Å²) in [5.74, 6) is -0.297. The summed E-state index contributed by atoms with van der Waals surface area (Å²) in [6, 6.07) is 9.55. The summed E-state index contributed by atoms with van der Waals surface area (Å²) in [5, 5.41) is 14.9. The van der Waals surface area contributed by atoms with Crippen LogP contribution in [0.25, 0.3) is 11.0 Å². The van der Waals surface area contributed by atoms with E-state index in [2.05, 4.69) is 20.7 Å². The van der Waals surface area contributed by atoms with Crippen molar-refractivity contribution in [1.29, 1.82) is 0 Å². The highest BCUT2D eigenvalue weighted by Gasteiger charge is 2.16. The summed E-state index contributed by atoms with van der Waals surface area (Å²) < 4.78 is 2.65.